The average molecular weight is 285 g/mol. The van der Waals surface area contributed by atoms with Crippen LogP contribution in [0.1, 0.15) is 5.56 Å². The van der Waals surface area contributed by atoms with Crippen LogP contribution in [0.3, 0.4) is 0 Å². The van der Waals surface area contributed by atoms with Crippen LogP contribution >= 0.6 is 11.8 Å². The van der Waals surface area contributed by atoms with Crippen LogP contribution in [0.4, 0.5) is 4.39 Å². The number of halogens is 1. The lowest BCUT2D eigenvalue weighted by molar-refractivity contribution is -0.142. The molecule has 0 amide bonds. The molecule has 1 atom stereocenters. The van der Waals surface area contributed by atoms with E-state index in [1.165, 1.54) is 19.2 Å². The number of carboxylic acids is 1. The van der Waals surface area contributed by atoms with Crippen LogP contribution in [0.15, 0.2) is 18.2 Å². The molecule has 1 saturated heterocycles. The number of carboxylic acid groups (broad SMARTS) is 1. The molecule has 104 valence electrons. The van der Waals surface area contributed by atoms with Crippen LogP contribution in [-0.4, -0.2) is 47.2 Å². The van der Waals surface area contributed by atoms with Gasteiger partial charge in [-0.25, -0.2) is 4.39 Å². The molecule has 1 aliphatic heterocycles. The summed E-state index contributed by atoms with van der Waals surface area (Å²) in [6.07, 6.45) is 0. The van der Waals surface area contributed by atoms with E-state index in [0.29, 0.717) is 30.2 Å². The number of benzene rings is 1. The van der Waals surface area contributed by atoms with E-state index in [-0.39, 0.29) is 5.82 Å². The lowest BCUT2D eigenvalue weighted by Crippen LogP contribution is -2.46. The van der Waals surface area contributed by atoms with Gasteiger partial charge in [-0.2, -0.15) is 11.8 Å². The molecule has 0 bridgehead atoms. The van der Waals surface area contributed by atoms with Crippen LogP contribution in [0, 0.1) is 5.82 Å². The van der Waals surface area contributed by atoms with E-state index in [2.05, 4.69) is 0 Å². The van der Waals surface area contributed by atoms with Crippen molar-refractivity contribution in [2.45, 2.75) is 12.6 Å². The summed E-state index contributed by atoms with van der Waals surface area (Å²) >= 11 is 1.63. The van der Waals surface area contributed by atoms with Crippen molar-refractivity contribution >= 4 is 17.7 Å². The number of hydrogen-bond acceptors (Lipinski definition) is 4. The van der Waals surface area contributed by atoms with E-state index in [4.69, 9.17) is 4.74 Å². The van der Waals surface area contributed by atoms with Crippen molar-refractivity contribution in [3.05, 3.63) is 29.6 Å². The van der Waals surface area contributed by atoms with E-state index in [1.54, 1.807) is 17.8 Å². The molecule has 0 aliphatic carbocycles. The SMILES string of the molecule is COc1ccc(F)cc1CN1CCSCC1C(=O)O. The second kappa shape index (κ2) is 6.25. The fourth-order valence-corrected chi connectivity index (χ4v) is 3.25. The van der Waals surface area contributed by atoms with E-state index >= 15 is 0 Å². The maximum atomic E-state index is 13.3. The van der Waals surface area contributed by atoms with Crippen molar-refractivity contribution in [2.75, 3.05) is 25.2 Å². The fraction of sp³-hybridized carbons (Fsp3) is 0.462. The van der Waals surface area contributed by atoms with E-state index in [0.717, 1.165) is 5.75 Å². The maximum absolute atomic E-state index is 13.3. The van der Waals surface area contributed by atoms with Gasteiger partial charge in [-0.15, -0.1) is 0 Å². The molecule has 19 heavy (non-hydrogen) atoms. The van der Waals surface area contributed by atoms with Crippen LogP contribution < -0.4 is 4.74 Å². The number of rotatable bonds is 4. The van der Waals surface area contributed by atoms with Gasteiger partial charge in [0.15, 0.2) is 0 Å². The Morgan fingerprint density at radius 1 is 1.63 bits per heavy atom. The molecule has 1 heterocycles. The fourth-order valence-electron chi connectivity index (χ4n) is 2.14. The number of aliphatic carboxylic acids is 1. The molecule has 0 radical (unpaired) electrons. The summed E-state index contributed by atoms with van der Waals surface area (Å²) in [7, 11) is 1.53. The zero-order valence-corrected chi connectivity index (χ0v) is 11.5. The molecular weight excluding hydrogens is 269 g/mol. The highest BCUT2D eigenvalue weighted by molar-refractivity contribution is 7.99. The zero-order chi connectivity index (χ0) is 13.8. The number of ether oxygens (including phenoxy) is 1. The van der Waals surface area contributed by atoms with Gasteiger partial charge in [-0.3, -0.25) is 9.69 Å². The third-order valence-electron chi connectivity index (χ3n) is 3.14. The molecule has 1 aromatic carbocycles. The summed E-state index contributed by atoms with van der Waals surface area (Å²) in [6, 6.07) is 3.79. The van der Waals surface area contributed by atoms with Crippen molar-refractivity contribution in [3.8, 4) is 5.75 Å². The summed E-state index contributed by atoms with van der Waals surface area (Å²) in [5.74, 6) is 0.870. The molecule has 1 fully saturated rings. The summed E-state index contributed by atoms with van der Waals surface area (Å²) in [6.45, 7) is 1.07. The Morgan fingerprint density at radius 2 is 2.42 bits per heavy atom. The van der Waals surface area contributed by atoms with Crippen molar-refractivity contribution < 1.29 is 19.0 Å². The number of hydrogen-bond donors (Lipinski definition) is 1. The van der Waals surface area contributed by atoms with Gasteiger partial charge in [-0.1, -0.05) is 0 Å². The molecule has 6 heteroatoms. The molecule has 0 aromatic heterocycles. The lowest BCUT2D eigenvalue weighted by atomic mass is 10.1. The highest BCUT2D eigenvalue weighted by Crippen LogP contribution is 2.25. The van der Waals surface area contributed by atoms with Gasteiger partial charge in [0.1, 0.15) is 17.6 Å². The monoisotopic (exact) mass is 285 g/mol. The van der Waals surface area contributed by atoms with Crippen LogP contribution in [0.2, 0.25) is 0 Å². The predicted molar refractivity (Wildman–Crippen MR) is 72.1 cm³/mol. The Kier molecular flexibility index (Phi) is 4.66. The second-order valence-electron chi connectivity index (χ2n) is 4.36. The number of carbonyl (C=O) groups is 1. The molecule has 2 rings (SSSR count). The first kappa shape index (κ1) is 14.1. The second-order valence-corrected chi connectivity index (χ2v) is 5.51. The zero-order valence-electron chi connectivity index (χ0n) is 10.6. The molecule has 1 aromatic rings. The number of thioether (sulfide) groups is 1. The van der Waals surface area contributed by atoms with Crippen LogP contribution in [0.5, 0.6) is 5.75 Å². The first-order valence-electron chi connectivity index (χ1n) is 5.99. The largest absolute Gasteiger partial charge is 0.496 e. The molecule has 0 saturated carbocycles. The smallest absolute Gasteiger partial charge is 0.321 e. The van der Waals surface area contributed by atoms with Gasteiger partial charge >= 0.3 is 5.97 Å². The molecular formula is C13H16FNO3S. The van der Waals surface area contributed by atoms with Gasteiger partial charge in [0.05, 0.1) is 7.11 Å². The molecule has 1 N–H and O–H groups in total. The van der Waals surface area contributed by atoms with Gasteiger partial charge in [0.25, 0.3) is 0 Å². The highest BCUT2D eigenvalue weighted by atomic mass is 32.2. The topological polar surface area (TPSA) is 49.8 Å². The summed E-state index contributed by atoms with van der Waals surface area (Å²) in [5, 5.41) is 9.21. The third kappa shape index (κ3) is 3.39. The van der Waals surface area contributed by atoms with Crippen LogP contribution in [-0.2, 0) is 11.3 Å². The summed E-state index contributed by atoms with van der Waals surface area (Å²) < 4.78 is 18.5. The normalized spacial score (nSPS) is 20.2. The van der Waals surface area contributed by atoms with E-state index in [1.807, 2.05) is 4.90 Å². The predicted octanol–water partition coefficient (Wildman–Crippen LogP) is 1.84. The Hall–Kier alpha value is -1.27. The first-order chi connectivity index (χ1) is 9.11. The van der Waals surface area contributed by atoms with Gasteiger partial charge in [0.2, 0.25) is 0 Å². The Balaban J connectivity index is 2.18. The minimum Gasteiger partial charge on any atom is -0.496 e. The third-order valence-corrected chi connectivity index (χ3v) is 4.16. The lowest BCUT2D eigenvalue weighted by Gasteiger charge is -2.32. The van der Waals surface area contributed by atoms with Crippen molar-refractivity contribution in [1.29, 1.82) is 0 Å². The molecule has 4 nitrogen and oxygen atoms in total. The Morgan fingerprint density at radius 3 is 3.11 bits per heavy atom. The van der Waals surface area contributed by atoms with Crippen molar-refractivity contribution in [3.63, 3.8) is 0 Å². The first-order valence-corrected chi connectivity index (χ1v) is 7.14. The molecule has 0 spiro atoms. The summed E-state index contributed by atoms with van der Waals surface area (Å²) in [5.41, 5.74) is 0.681. The maximum Gasteiger partial charge on any atom is 0.321 e. The summed E-state index contributed by atoms with van der Waals surface area (Å²) in [4.78, 5) is 13.1. The quantitative estimate of drug-likeness (QED) is 0.914. The van der Waals surface area contributed by atoms with Gasteiger partial charge < -0.3 is 9.84 Å². The standard InChI is InChI=1S/C13H16FNO3S/c1-18-12-3-2-10(14)6-9(12)7-15-4-5-19-8-11(15)13(16)17/h2-3,6,11H,4-5,7-8H2,1H3,(H,16,17). The molecule has 1 unspecified atom stereocenters. The number of nitrogens with zero attached hydrogens (tertiary/aromatic N) is 1. The molecule has 1 aliphatic rings. The van der Waals surface area contributed by atoms with Gasteiger partial charge in [0, 0.05) is 30.2 Å². The van der Waals surface area contributed by atoms with Crippen LogP contribution in [0.25, 0.3) is 0 Å². The minimum absolute atomic E-state index is 0.339. The average Bonchev–Trinajstić information content (AvgIpc) is 2.39. The Labute approximate surface area is 115 Å². The van der Waals surface area contributed by atoms with E-state index in [9.17, 15) is 14.3 Å². The van der Waals surface area contributed by atoms with Crippen molar-refractivity contribution in [2.24, 2.45) is 0 Å². The highest BCUT2D eigenvalue weighted by Gasteiger charge is 2.29. The van der Waals surface area contributed by atoms with E-state index < -0.39 is 12.0 Å². The minimum atomic E-state index is -0.831. The Bertz CT molecular complexity index is 469. The van der Waals surface area contributed by atoms with Crippen molar-refractivity contribution in [1.82, 2.24) is 4.90 Å². The number of methoxy groups -OCH3 is 1. The van der Waals surface area contributed by atoms with Gasteiger partial charge in [-0.05, 0) is 18.2 Å².